The van der Waals surface area contributed by atoms with E-state index in [-0.39, 0.29) is 34.9 Å². The molecule has 5 nitrogen and oxygen atoms in total. The standard InChI is InChI=1S/C22H30O5/c1-12-8-16-14-5-4-13-9-17(24)18(25)10-20(13,2)15(14)6-7-21(16,3)22(12,27)19(26)11-23/h4-5,9,12,14-16,18,23,25,27H,6-8,10-11H2,1-3H3/t12?,14-,15+,16+,18?,20+,21+,22+/m1/s1. The van der Waals surface area contributed by atoms with Crippen molar-refractivity contribution >= 4 is 11.6 Å². The first-order chi connectivity index (χ1) is 12.6. The zero-order chi connectivity index (χ0) is 19.8. The number of allylic oxidation sites excluding steroid dienone is 3. The molecule has 0 heterocycles. The van der Waals surface area contributed by atoms with Crippen LogP contribution in [0.4, 0.5) is 0 Å². The second kappa shape index (κ2) is 5.85. The molecule has 27 heavy (non-hydrogen) atoms. The number of ketones is 2. The lowest BCUT2D eigenvalue weighted by molar-refractivity contribution is -0.168. The first-order valence-electron chi connectivity index (χ1n) is 10.1. The smallest absolute Gasteiger partial charge is 0.190 e. The maximum Gasteiger partial charge on any atom is 0.190 e. The molecule has 8 atom stereocenters. The number of hydrogen-bond donors (Lipinski definition) is 3. The van der Waals surface area contributed by atoms with Crippen LogP contribution in [-0.4, -0.2) is 45.2 Å². The minimum Gasteiger partial charge on any atom is -0.388 e. The molecular formula is C22H30O5. The number of rotatable bonds is 2. The van der Waals surface area contributed by atoms with Crippen molar-refractivity contribution in [2.24, 2.45) is 34.5 Å². The van der Waals surface area contributed by atoms with Gasteiger partial charge in [-0.25, -0.2) is 0 Å². The molecule has 4 aliphatic carbocycles. The Hall–Kier alpha value is -1.30. The molecule has 0 aromatic heterocycles. The number of aliphatic hydroxyl groups excluding tert-OH is 2. The summed E-state index contributed by atoms with van der Waals surface area (Å²) >= 11 is 0. The molecule has 4 aliphatic rings. The maximum absolute atomic E-state index is 12.5. The molecule has 4 rings (SSSR count). The molecule has 0 spiro atoms. The summed E-state index contributed by atoms with van der Waals surface area (Å²) in [4.78, 5) is 24.5. The van der Waals surface area contributed by atoms with Crippen molar-refractivity contribution in [1.29, 1.82) is 0 Å². The Morgan fingerprint density at radius 3 is 2.67 bits per heavy atom. The third-order valence-corrected chi connectivity index (χ3v) is 8.70. The first kappa shape index (κ1) is 19.0. The van der Waals surface area contributed by atoms with Crippen LogP contribution in [-0.2, 0) is 9.59 Å². The topological polar surface area (TPSA) is 94.8 Å². The maximum atomic E-state index is 12.5. The van der Waals surface area contributed by atoms with Crippen LogP contribution in [0.5, 0.6) is 0 Å². The molecule has 0 aliphatic heterocycles. The molecule has 2 fully saturated rings. The molecular weight excluding hydrogens is 344 g/mol. The Morgan fingerprint density at radius 1 is 1.30 bits per heavy atom. The highest BCUT2D eigenvalue weighted by atomic mass is 16.3. The number of carbonyl (C=O) groups is 2. The van der Waals surface area contributed by atoms with Crippen molar-refractivity contribution in [3.05, 3.63) is 23.8 Å². The van der Waals surface area contributed by atoms with Gasteiger partial charge in [0.2, 0.25) is 0 Å². The van der Waals surface area contributed by atoms with Crippen molar-refractivity contribution in [2.75, 3.05) is 6.61 Å². The van der Waals surface area contributed by atoms with Gasteiger partial charge in [-0.2, -0.15) is 0 Å². The van der Waals surface area contributed by atoms with Crippen LogP contribution >= 0.6 is 0 Å². The van der Waals surface area contributed by atoms with Crippen LogP contribution in [0, 0.1) is 34.5 Å². The van der Waals surface area contributed by atoms with E-state index in [1.807, 2.05) is 19.9 Å². The molecule has 0 radical (unpaired) electrons. The molecule has 5 heteroatoms. The van der Waals surface area contributed by atoms with Gasteiger partial charge in [0.05, 0.1) is 0 Å². The van der Waals surface area contributed by atoms with E-state index in [0.717, 1.165) is 18.4 Å². The normalized spacial score (nSPS) is 51.3. The van der Waals surface area contributed by atoms with Gasteiger partial charge in [0.1, 0.15) is 18.3 Å². The Bertz CT molecular complexity index is 754. The number of fused-ring (bicyclic) bond motifs is 5. The van der Waals surface area contributed by atoms with E-state index in [1.54, 1.807) is 6.08 Å². The molecule has 0 amide bonds. The summed E-state index contributed by atoms with van der Waals surface area (Å²) in [5.41, 5.74) is -1.34. The molecule has 0 aromatic rings. The van der Waals surface area contributed by atoms with Gasteiger partial charge in [-0.05, 0) is 66.4 Å². The fourth-order valence-electron chi connectivity index (χ4n) is 7.12. The number of carbonyl (C=O) groups excluding carboxylic acids is 2. The Morgan fingerprint density at radius 2 is 2.00 bits per heavy atom. The zero-order valence-corrected chi connectivity index (χ0v) is 16.3. The molecule has 0 bridgehead atoms. The monoisotopic (exact) mass is 374 g/mol. The van der Waals surface area contributed by atoms with Crippen LogP contribution in [0.1, 0.15) is 46.5 Å². The molecule has 0 saturated heterocycles. The van der Waals surface area contributed by atoms with Gasteiger partial charge in [0.15, 0.2) is 11.6 Å². The van der Waals surface area contributed by atoms with Gasteiger partial charge < -0.3 is 15.3 Å². The van der Waals surface area contributed by atoms with E-state index in [9.17, 15) is 24.9 Å². The van der Waals surface area contributed by atoms with Crippen molar-refractivity contribution in [2.45, 2.75) is 58.2 Å². The van der Waals surface area contributed by atoms with Crippen LogP contribution in [0.3, 0.4) is 0 Å². The predicted octanol–water partition coefficient (Wildman–Crippen LogP) is 1.80. The summed E-state index contributed by atoms with van der Waals surface area (Å²) in [6.45, 7) is 5.42. The van der Waals surface area contributed by atoms with Crippen LogP contribution in [0.2, 0.25) is 0 Å². The SMILES string of the molecule is CC1C[C@H]2[C@@H]3C=CC4=CC(=O)C(O)C[C@]4(C)[C@H]3CC[C@]2(C)[C@@]1(O)C(=O)CO. The van der Waals surface area contributed by atoms with Crippen molar-refractivity contribution < 1.29 is 24.9 Å². The fourth-order valence-corrected chi connectivity index (χ4v) is 7.12. The van der Waals surface area contributed by atoms with E-state index in [4.69, 9.17) is 0 Å². The summed E-state index contributed by atoms with van der Waals surface area (Å²) in [5.74, 6) is -0.298. The largest absolute Gasteiger partial charge is 0.388 e. The van der Waals surface area contributed by atoms with E-state index in [2.05, 4.69) is 13.0 Å². The van der Waals surface area contributed by atoms with E-state index >= 15 is 0 Å². The molecule has 2 saturated carbocycles. The van der Waals surface area contributed by atoms with Crippen molar-refractivity contribution in [3.8, 4) is 0 Å². The lowest BCUT2D eigenvalue weighted by Gasteiger charge is -2.57. The van der Waals surface area contributed by atoms with Crippen molar-refractivity contribution in [1.82, 2.24) is 0 Å². The first-order valence-corrected chi connectivity index (χ1v) is 10.1. The third kappa shape index (κ3) is 2.22. The average Bonchev–Trinajstić information content (AvgIpc) is 2.83. The quantitative estimate of drug-likeness (QED) is 0.685. The lowest BCUT2D eigenvalue weighted by atomic mass is 9.47. The van der Waals surface area contributed by atoms with Gasteiger partial charge >= 0.3 is 0 Å². The Labute approximate surface area is 160 Å². The van der Waals surface area contributed by atoms with Gasteiger partial charge in [-0.15, -0.1) is 0 Å². The minimum atomic E-state index is -1.50. The van der Waals surface area contributed by atoms with E-state index in [0.29, 0.717) is 12.8 Å². The predicted molar refractivity (Wildman–Crippen MR) is 99.6 cm³/mol. The summed E-state index contributed by atoms with van der Waals surface area (Å²) in [6, 6.07) is 0. The highest BCUT2D eigenvalue weighted by Crippen LogP contribution is 2.67. The lowest BCUT2D eigenvalue weighted by Crippen LogP contribution is -2.59. The van der Waals surface area contributed by atoms with Crippen LogP contribution < -0.4 is 0 Å². The summed E-state index contributed by atoms with van der Waals surface area (Å²) in [5, 5.41) is 31.1. The highest BCUT2D eigenvalue weighted by Gasteiger charge is 2.68. The second-order valence-electron chi connectivity index (χ2n) is 9.73. The number of Topliss-reactive ketones (excluding diaryl/α,β-unsaturated/α-hetero) is 1. The number of hydrogen-bond acceptors (Lipinski definition) is 5. The van der Waals surface area contributed by atoms with Gasteiger partial charge in [-0.3, -0.25) is 9.59 Å². The summed E-state index contributed by atoms with van der Waals surface area (Å²) < 4.78 is 0. The van der Waals surface area contributed by atoms with E-state index in [1.165, 1.54) is 0 Å². The summed E-state index contributed by atoms with van der Waals surface area (Å²) in [6.07, 6.45) is 7.52. The molecule has 3 N–H and O–H groups in total. The van der Waals surface area contributed by atoms with E-state index < -0.39 is 29.5 Å². The van der Waals surface area contributed by atoms with Crippen molar-refractivity contribution in [3.63, 3.8) is 0 Å². The van der Waals surface area contributed by atoms with Crippen LogP contribution in [0.25, 0.3) is 0 Å². The minimum absolute atomic E-state index is 0.135. The zero-order valence-electron chi connectivity index (χ0n) is 16.3. The third-order valence-electron chi connectivity index (χ3n) is 8.70. The Kier molecular flexibility index (Phi) is 4.12. The molecule has 148 valence electrons. The second-order valence-corrected chi connectivity index (χ2v) is 9.73. The highest BCUT2D eigenvalue weighted by molar-refractivity contribution is 5.96. The Balaban J connectivity index is 1.76. The summed E-state index contributed by atoms with van der Waals surface area (Å²) in [7, 11) is 0. The van der Waals surface area contributed by atoms with Gasteiger partial charge in [-0.1, -0.05) is 32.9 Å². The average molecular weight is 374 g/mol. The van der Waals surface area contributed by atoms with Gasteiger partial charge in [0, 0.05) is 5.41 Å². The molecule has 0 aromatic carbocycles. The fraction of sp³-hybridized carbons (Fsp3) is 0.727. The molecule has 2 unspecified atom stereocenters. The number of aliphatic hydroxyl groups is 3. The van der Waals surface area contributed by atoms with Crippen LogP contribution in [0.15, 0.2) is 23.8 Å². The van der Waals surface area contributed by atoms with Gasteiger partial charge in [0.25, 0.3) is 0 Å².